The first kappa shape index (κ1) is 15.7. The van der Waals surface area contributed by atoms with Crippen molar-refractivity contribution in [1.29, 1.82) is 0 Å². The van der Waals surface area contributed by atoms with Gasteiger partial charge >= 0.3 is 0 Å². The number of rotatable bonds is 2. The minimum absolute atomic E-state index is 0.0275. The van der Waals surface area contributed by atoms with Gasteiger partial charge in [0.15, 0.2) is 0 Å². The van der Waals surface area contributed by atoms with Crippen molar-refractivity contribution in [3.8, 4) is 0 Å². The number of hydrogen-bond acceptors (Lipinski definition) is 4. The van der Waals surface area contributed by atoms with Crippen LogP contribution in [0, 0.1) is 13.8 Å². The third-order valence-corrected chi connectivity index (χ3v) is 6.19. The Morgan fingerprint density at radius 2 is 2.12 bits per heavy atom. The predicted molar refractivity (Wildman–Crippen MR) is 94.1 cm³/mol. The first-order valence-electron chi connectivity index (χ1n) is 8.55. The molecule has 1 fully saturated rings. The largest absolute Gasteiger partial charge is 0.340 e. The molecular weight excluding hydrogens is 320 g/mol. The average molecular weight is 342 g/mol. The number of carbonyl (C=O) groups excluding carboxylic acids is 1. The number of thioether (sulfide) groups is 1. The van der Waals surface area contributed by atoms with E-state index >= 15 is 0 Å². The van der Waals surface area contributed by atoms with Gasteiger partial charge in [0.1, 0.15) is 11.6 Å². The Kier molecular flexibility index (Phi) is 4.08. The minimum Gasteiger partial charge on any atom is -0.340 e. The molecule has 0 spiro atoms. The molecule has 2 aromatic rings. The molecule has 6 heteroatoms. The zero-order valence-corrected chi connectivity index (χ0v) is 14.9. The second-order valence-corrected chi connectivity index (χ2v) is 7.89. The molecule has 0 aliphatic carbocycles. The summed E-state index contributed by atoms with van der Waals surface area (Å²) >= 11 is 1.72. The van der Waals surface area contributed by atoms with E-state index in [1.165, 1.54) is 10.5 Å². The van der Waals surface area contributed by atoms with Crippen LogP contribution in [0.5, 0.6) is 0 Å². The molecule has 2 aliphatic rings. The fraction of sp³-hybridized carbons (Fsp3) is 0.500. The van der Waals surface area contributed by atoms with E-state index in [1.54, 1.807) is 11.8 Å². The molecule has 24 heavy (non-hydrogen) atoms. The van der Waals surface area contributed by atoms with E-state index in [9.17, 15) is 4.79 Å². The highest BCUT2D eigenvalue weighted by atomic mass is 32.2. The summed E-state index contributed by atoms with van der Waals surface area (Å²) in [5.74, 6) is 2.02. The Bertz CT molecular complexity index is 747. The van der Waals surface area contributed by atoms with Crippen molar-refractivity contribution in [1.82, 2.24) is 19.7 Å². The lowest BCUT2D eigenvalue weighted by Gasteiger charge is -2.34. The summed E-state index contributed by atoms with van der Waals surface area (Å²) in [5.41, 5.74) is 1.30. The van der Waals surface area contributed by atoms with Crippen LogP contribution in [0.1, 0.15) is 36.1 Å². The lowest BCUT2D eigenvalue weighted by atomic mass is 10.0. The summed E-state index contributed by atoms with van der Waals surface area (Å²) in [7, 11) is 0. The number of nitrogens with zero attached hydrogens (tertiary/aromatic N) is 4. The van der Waals surface area contributed by atoms with Crippen molar-refractivity contribution in [2.75, 3.05) is 13.1 Å². The number of piperidine rings is 1. The standard InChI is InChI=1S/C18H22N4OS/c1-12-19-13(2)22(20-12)15-7-5-9-21(11-15)18(23)17-10-14-6-3-4-8-16(14)24-17/h3-4,6,8,15,17H,5,7,9-11H2,1-2H3/t15-,17+/m0/s1. The molecule has 0 unspecified atom stereocenters. The normalized spacial score (nSPS) is 23.3. The van der Waals surface area contributed by atoms with E-state index in [2.05, 4.69) is 28.3 Å². The zero-order chi connectivity index (χ0) is 16.7. The average Bonchev–Trinajstić information content (AvgIpc) is 3.17. The number of fused-ring (bicyclic) bond motifs is 1. The second-order valence-electron chi connectivity index (χ2n) is 6.65. The fourth-order valence-electron chi connectivity index (χ4n) is 3.76. The monoisotopic (exact) mass is 342 g/mol. The maximum Gasteiger partial charge on any atom is 0.236 e. The third kappa shape index (κ3) is 2.83. The van der Waals surface area contributed by atoms with Crippen LogP contribution in [0.25, 0.3) is 0 Å². The van der Waals surface area contributed by atoms with Gasteiger partial charge in [-0.1, -0.05) is 18.2 Å². The lowest BCUT2D eigenvalue weighted by molar-refractivity contribution is -0.132. The lowest BCUT2D eigenvalue weighted by Crippen LogP contribution is -2.44. The summed E-state index contributed by atoms with van der Waals surface area (Å²) < 4.78 is 2.01. The predicted octanol–water partition coefficient (Wildman–Crippen LogP) is 2.78. The number of carbonyl (C=O) groups is 1. The summed E-state index contributed by atoms with van der Waals surface area (Å²) in [6.07, 6.45) is 2.94. The van der Waals surface area contributed by atoms with Gasteiger partial charge in [0.2, 0.25) is 5.91 Å². The first-order chi connectivity index (χ1) is 11.6. The summed E-state index contributed by atoms with van der Waals surface area (Å²) in [6.45, 7) is 5.51. The molecule has 2 atom stereocenters. The quantitative estimate of drug-likeness (QED) is 0.842. The smallest absolute Gasteiger partial charge is 0.236 e. The van der Waals surface area contributed by atoms with Crippen LogP contribution in [0.15, 0.2) is 29.2 Å². The highest BCUT2D eigenvalue weighted by Gasteiger charge is 2.34. The van der Waals surface area contributed by atoms with Crippen LogP contribution in [-0.4, -0.2) is 43.9 Å². The van der Waals surface area contributed by atoms with Gasteiger partial charge in [-0.2, -0.15) is 5.10 Å². The van der Waals surface area contributed by atoms with E-state index in [-0.39, 0.29) is 17.2 Å². The highest BCUT2D eigenvalue weighted by Crippen LogP contribution is 2.38. The molecule has 126 valence electrons. The molecular formula is C18H22N4OS. The van der Waals surface area contributed by atoms with Crippen LogP contribution in [0.4, 0.5) is 0 Å². The summed E-state index contributed by atoms with van der Waals surface area (Å²) in [4.78, 5) is 20.7. The maximum absolute atomic E-state index is 13.0. The molecule has 1 aromatic carbocycles. The minimum atomic E-state index is 0.0275. The van der Waals surface area contributed by atoms with E-state index in [0.29, 0.717) is 0 Å². The Morgan fingerprint density at radius 3 is 2.88 bits per heavy atom. The van der Waals surface area contributed by atoms with E-state index in [4.69, 9.17) is 0 Å². The zero-order valence-electron chi connectivity index (χ0n) is 14.1. The molecule has 0 saturated carbocycles. The molecule has 0 radical (unpaired) electrons. The Hall–Kier alpha value is -1.82. The number of hydrogen-bond donors (Lipinski definition) is 0. The molecule has 0 bridgehead atoms. The van der Waals surface area contributed by atoms with Gasteiger partial charge in [-0.05, 0) is 44.7 Å². The molecule has 1 amide bonds. The molecule has 3 heterocycles. The van der Waals surface area contributed by atoms with Crippen LogP contribution in [0.2, 0.25) is 0 Å². The molecule has 2 aliphatic heterocycles. The van der Waals surface area contributed by atoms with Gasteiger partial charge < -0.3 is 4.90 Å². The van der Waals surface area contributed by atoms with E-state index in [1.807, 2.05) is 29.5 Å². The van der Waals surface area contributed by atoms with Crippen molar-refractivity contribution in [3.05, 3.63) is 41.5 Å². The maximum atomic E-state index is 13.0. The van der Waals surface area contributed by atoms with Crippen molar-refractivity contribution in [2.24, 2.45) is 0 Å². The van der Waals surface area contributed by atoms with Crippen LogP contribution >= 0.6 is 11.8 Å². The van der Waals surface area contributed by atoms with Crippen molar-refractivity contribution < 1.29 is 4.79 Å². The molecule has 0 N–H and O–H groups in total. The van der Waals surface area contributed by atoms with Gasteiger partial charge in [0.25, 0.3) is 0 Å². The third-order valence-electron chi connectivity index (χ3n) is 4.88. The number of benzene rings is 1. The van der Waals surface area contributed by atoms with Crippen molar-refractivity contribution in [2.45, 2.75) is 49.3 Å². The second kappa shape index (κ2) is 6.24. The van der Waals surface area contributed by atoms with Gasteiger partial charge in [-0.15, -0.1) is 11.8 Å². The topological polar surface area (TPSA) is 51.0 Å². The molecule has 4 rings (SSSR count). The van der Waals surface area contributed by atoms with Crippen molar-refractivity contribution >= 4 is 17.7 Å². The van der Waals surface area contributed by atoms with Crippen LogP contribution in [-0.2, 0) is 11.2 Å². The summed E-state index contributed by atoms with van der Waals surface area (Å²) in [5, 5.41) is 4.55. The number of amides is 1. The SMILES string of the molecule is Cc1nc(C)n([C@H]2CCCN(C(=O)[C@H]3Cc4ccccc4S3)C2)n1. The van der Waals surface area contributed by atoms with Gasteiger partial charge in [0, 0.05) is 18.0 Å². The molecule has 5 nitrogen and oxygen atoms in total. The van der Waals surface area contributed by atoms with Crippen molar-refractivity contribution in [3.63, 3.8) is 0 Å². The molecule has 1 aromatic heterocycles. The molecule has 1 saturated heterocycles. The number of aromatic nitrogens is 3. The fourth-order valence-corrected chi connectivity index (χ4v) is 5.04. The van der Waals surface area contributed by atoms with Crippen LogP contribution < -0.4 is 0 Å². The Labute approximate surface area is 146 Å². The van der Waals surface area contributed by atoms with E-state index in [0.717, 1.165) is 44.0 Å². The highest BCUT2D eigenvalue weighted by molar-refractivity contribution is 8.01. The Balaban J connectivity index is 1.47. The number of aryl methyl sites for hydroxylation is 2. The first-order valence-corrected chi connectivity index (χ1v) is 9.43. The van der Waals surface area contributed by atoms with Crippen LogP contribution in [0.3, 0.4) is 0 Å². The Morgan fingerprint density at radius 1 is 1.29 bits per heavy atom. The van der Waals surface area contributed by atoms with Gasteiger partial charge in [-0.25, -0.2) is 9.67 Å². The van der Waals surface area contributed by atoms with Gasteiger partial charge in [-0.3, -0.25) is 4.79 Å². The van der Waals surface area contributed by atoms with E-state index < -0.39 is 0 Å². The summed E-state index contributed by atoms with van der Waals surface area (Å²) in [6, 6.07) is 8.60. The van der Waals surface area contributed by atoms with Gasteiger partial charge in [0.05, 0.1) is 11.3 Å². The number of likely N-dealkylation sites (tertiary alicyclic amines) is 1.